The van der Waals surface area contributed by atoms with Crippen molar-refractivity contribution in [3.05, 3.63) is 12.2 Å². The number of H-pyrrole nitrogens is 1. The summed E-state index contributed by atoms with van der Waals surface area (Å²) in [4.78, 5) is 3.98. The van der Waals surface area contributed by atoms with Crippen molar-refractivity contribution in [1.29, 1.82) is 0 Å². The normalized spacial score (nSPS) is 10.2. The van der Waals surface area contributed by atoms with Gasteiger partial charge < -0.3 is 15.8 Å². The van der Waals surface area contributed by atoms with E-state index in [0.717, 1.165) is 10.8 Å². The number of methoxy groups -OCH3 is 1. The summed E-state index contributed by atoms with van der Waals surface area (Å²) in [6.07, 6.45) is 1.45. The summed E-state index contributed by atoms with van der Waals surface area (Å²) < 4.78 is 9.07. The maximum Gasteiger partial charge on any atom is 0.197 e. The van der Waals surface area contributed by atoms with Crippen LogP contribution < -0.4 is 15.8 Å². The average Bonchev–Trinajstić information content (AvgIpc) is 2.84. The van der Waals surface area contributed by atoms with Gasteiger partial charge in [-0.15, -0.1) is 0 Å². The molecule has 0 radical (unpaired) electrons. The Labute approximate surface area is 89.8 Å². The number of nitrogens with two attached hydrogens (primary N) is 1. The molecule has 0 amide bonds. The summed E-state index contributed by atoms with van der Waals surface area (Å²) in [5, 5.41) is 10.4. The highest BCUT2D eigenvalue weighted by atomic mass is 32.1. The first-order valence-electron chi connectivity index (χ1n) is 4.18. The van der Waals surface area contributed by atoms with Gasteiger partial charge in [0.1, 0.15) is 12.2 Å². The molecule has 0 unspecified atom stereocenters. The lowest BCUT2D eigenvalue weighted by Gasteiger charge is -2.03. The molecular weight excluding hydrogens is 216 g/mol. The van der Waals surface area contributed by atoms with E-state index in [9.17, 15) is 0 Å². The molecule has 0 atom stereocenters. The van der Waals surface area contributed by atoms with Crippen LogP contribution in [0.15, 0.2) is 6.33 Å². The van der Waals surface area contributed by atoms with Gasteiger partial charge in [0.15, 0.2) is 16.6 Å². The van der Waals surface area contributed by atoms with E-state index in [-0.39, 0.29) is 0 Å². The van der Waals surface area contributed by atoms with Gasteiger partial charge in [0.05, 0.1) is 13.7 Å². The minimum Gasteiger partial charge on any atom is -0.490 e. The molecular formula is C7H10N6OS. The molecule has 2 rings (SSSR count). The van der Waals surface area contributed by atoms with Crippen LogP contribution in [-0.4, -0.2) is 26.7 Å². The zero-order chi connectivity index (χ0) is 10.7. The van der Waals surface area contributed by atoms with Gasteiger partial charge in [0.25, 0.3) is 0 Å². The number of aromatic nitrogens is 4. The van der Waals surface area contributed by atoms with Crippen LogP contribution in [0.3, 0.4) is 0 Å². The molecule has 0 aromatic carbocycles. The standard InChI is InChI=1S/C7H10N6OS/c1-14-5-6(8)13-15-7(5)9-2-4-10-3-11-12-4/h3,9H,2H2,1H3,(H2,8,13)(H,10,11,12). The number of nitrogen functional groups attached to an aromatic ring is 1. The minimum atomic E-state index is 0.391. The van der Waals surface area contributed by atoms with Crippen molar-refractivity contribution in [2.75, 3.05) is 18.2 Å². The fourth-order valence-electron chi connectivity index (χ4n) is 1.08. The van der Waals surface area contributed by atoms with Gasteiger partial charge in [-0.25, -0.2) is 4.98 Å². The van der Waals surface area contributed by atoms with E-state index in [1.54, 1.807) is 7.11 Å². The van der Waals surface area contributed by atoms with Crippen molar-refractivity contribution in [3.8, 4) is 5.75 Å². The molecule has 2 aromatic rings. The topological polar surface area (TPSA) is 102 Å². The Hall–Kier alpha value is -1.83. The molecule has 0 aliphatic carbocycles. The summed E-state index contributed by atoms with van der Waals surface area (Å²) in [5.74, 6) is 1.70. The second kappa shape index (κ2) is 4.13. The Bertz CT molecular complexity index is 425. The summed E-state index contributed by atoms with van der Waals surface area (Å²) in [6, 6.07) is 0. The van der Waals surface area contributed by atoms with Gasteiger partial charge in [0.2, 0.25) is 0 Å². The lowest BCUT2D eigenvalue weighted by atomic mass is 10.5. The predicted molar refractivity (Wildman–Crippen MR) is 56.8 cm³/mol. The number of anilines is 2. The monoisotopic (exact) mass is 226 g/mol. The van der Waals surface area contributed by atoms with Crippen molar-refractivity contribution in [2.24, 2.45) is 0 Å². The molecule has 2 aromatic heterocycles. The molecule has 4 N–H and O–H groups in total. The van der Waals surface area contributed by atoms with Crippen LogP contribution in [0.4, 0.5) is 10.8 Å². The van der Waals surface area contributed by atoms with Crippen LogP contribution >= 0.6 is 11.5 Å². The SMILES string of the molecule is COc1c(N)nsc1NCc1ncn[nH]1. The molecule has 0 aliphatic rings. The molecule has 0 saturated carbocycles. The molecule has 0 fully saturated rings. The number of rotatable bonds is 4. The predicted octanol–water partition coefficient (Wildman–Crippen LogP) is 0.464. The third kappa shape index (κ3) is 1.99. The van der Waals surface area contributed by atoms with E-state index in [0.29, 0.717) is 18.1 Å². The summed E-state index contributed by atoms with van der Waals surface area (Å²) >= 11 is 1.25. The quantitative estimate of drug-likeness (QED) is 0.700. The number of nitrogens with zero attached hydrogens (tertiary/aromatic N) is 3. The highest BCUT2D eigenvalue weighted by Crippen LogP contribution is 2.34. The number of nitrogens with one attached hydrogen (secondary N) is 2. The number of hydrogen-bond donors (Lipinski definition) is 3. The van der Waals surface area contributed by atoms with E-state index in [1.165, 1.54) is 17.9 Å². The number of hydrogen-bond acceptors (Lipinski definition) is 7. The molecule has 15 heavy (non-hydrogen) atoms. The largest absolute Gasteiger partial charge is 0.490 e. The maximum absolute atomic E-state index is 5.60. The van der Waals surface area contributed by atoms with Crippen LogP contribution in [-0.2, 0) is 6.54 Å². The molecule has 2 heterocycles. The third-order valence-electron chi connectivity index (χ3n) is 1.76. The van der Waals surface area contributed by atoms with E-state index in [4.69, 9.17) is 10.5 Å². The second-order valence-electron chi connectivity index (χ2n) is 2.72. The Kier molecular flexibility index (Phi) is 2.68. The third-order valence-corrected chi connectivity index (χ3v) is 2.56. The Morgan fingerprint density at radius 2 is 2.53 bits per heavy atom. The van der Waals surface area contributed by atoms with Crippen molar-refractivity contribution < 1.29 is 4.74 Å². The lowest BCUT2D eigenvalue weighted by Crippen LogP contribution is -2.01. The van der Waals surface area contributed by atoms with Gasteiger partial charge in [-0.1, -0.05) is 0 Å². The minimum absolute atomic E-state index is 0.391. The van der Waals surface area contributed by atoms with Crippen LogP contribution in [0.25, 0.3) is 0 Å². The van der Waals surface area contributed by atoms with E-state index >= 15 is 0 Å². The molecule has 8 heteroatoms. The highest BCUT2D eigenvalue weighted by molar-refractivity contribution is 7.11. The Morgan fingerprint density at radius 1 is 1.67 bits per heavy atom. The Balaban J connectivity index is 2.05. The van der Waals surface area contributed by atoms with Gasteiger partial charge in [-0.2, -0.15) is 9.47 Å². The van der Waals surface area contributed by atoms with Gasteiger partial charge in [-0.05, 0) is 11.5 Å². The zero-order valence-electron chi connectivity index (χ0n) is 8.02. The lowest BCUT2D eigenvalue weighted by molar-refractivity contribution is 0.419. The second-order valence-corrected chi connectivity index (χ2v) is 3.49. The first kappa shape index (κ1) is 9.71. The zero-order valence-corrected chi connectivity index (χ0v) is 8.84. The maximum atomic E-state index is 5.60. The van der Waals surface area contributed by atoms with Crippen LogP contribution in [0.5, 0.6) is 5.75 Å². The fourth-order valence-corrected chi connectivity index (χ4v) is 1.76. The molecule has 0 aliphatic heterocycles. The summed E-state index contributed by atoms with van der Waals surface area (Å²) in [6.45, 7) is 0.526. The van der Waals surface area contributed by atoms with E-state index in [1.807, 2.05) is 0 Å². The van der Waals surface area contributed by atoms with Crippen molar-refractivity contribution in [2.45, 2.75) is 6.54 Å². The van der Waals surface area contributed by atoms with E-state index < -0.39 is 0 Å². The number of ether oxygens (including phenoxy) is 1. The Morgan fingerprint density at radius 3 is 3.20 bits per heavy atom. The molecule has 0 spiro atoms. The van der Waals surface area contributed by atoms with E-state index in [2.05, 4.69) is 24.9 Å². The van der Waals surface area contributed by atoms with Crippen molar-refractivity contribution in [1.82, 2.24) is 19.6 Å². The molecule has 0 bridgehead atoms. The first-order chi connectivity index (χ1) is 7.31. The van der Waals surface area contributed by atoms with Crippen LogP contribution in [0.1, 0.15) is 5.82 Å². The van der Waals surface area contributed by atoms with Gasteiger partial charge >= 0.3 is 0 Å². The first-order valence-corrected chi connectivity index (χ1v) is 4.96. The fraction of sp³-hybridized carbons (Fsp3) is 0.286. The molecule has 0 saturated heterocycles. The summed E-state index contributed by atoms with van der Waals surface area (Å²) in [5.41, 5.74) is 5.60. The molecule has 80 valence electrons. The number of aromatic amines is 1. The highest BCUT2D eigenvalue weighted by Gasteiger charge is 2.11. The van der Waals surface area contributed by atoms with Crippen molar-refractivity contribution >= 4 is 22.4 Å². The van der Waals surface area contributed by atoms with Crippen LogP contribution in [0, 0.1) is 0 Å². The average molecular weight is 226 g/mol. The van der Waals surface area contributed by atoms with Crippen molar-refractivity contribution in [3.63, 3.8) is 0 Å². The summed E-state index contributed by atoms with van der Waals surface area (Å²) in [7, 11) is 1.56. The smallest absolute Gasteiger partial charge is 0.197 e. The van der Waals surface area contributed by atoms with Crippen LogP contribution in [0.2, 0.25) is 0 Å². The van der Waals surface area contributed by atoms with Gasteiger partial charge in [0, 0.05) is 0 Å². The molecule has 7 nitrogen and oxygen atoms in total. The van der Waals surface area contributed by atoms with Gasteiger partial charge in [-0.3, -0.25) is 5.10 Å².